The van der Waals surface area contributed by atoms with Gasteiger partial charge in [0.15, 0.2) is 0 Å². The number of hydrogen-bond donors (Lipinski definition) is 2. The number of aliphatic carboxylic acids is 1. The third kappa shape index (κ3) is 3.53. The fourth-order valence-electron chi connectivity index (χ4n) is 1.69. The number of nitro benzene ring substituents is 1. The molecule has 0 spiro atoms. The van der Waals surface area contributed by atoms with E-state index in [1.165, 1.54) is 12.1 Å². The highest BCUT2D eigenvalue weighted by atomic mass is 16.6. The van der Waals surface area contributed by atoms with Gasteiger partial charge < -0.3 is 10.4 Å². The molecule has 0 unspecified atom stereocenters. The van der Waals surface area contributed by atoms with Crippen LogP contribution in [0.25, 0.3) is 0 Å². The molecule has 1 rings (SSSR count). The average Bonchev–Trinajstić information content (AvgIpc) is 2.34. The number of carbonyl (C=O) groups is 2. The van der Waals surface area contributed by atoms with E-state index in [1.54, 1.807) is 20.8 Å². The first-order valence-corrected chi connectivity index (χ1v) is 6.02. The molecule has 0 bridgehead atoms. The van der Waals surface area contributed by atoms with Gasteiger partial charge in [-0.3, -0.25) is 14.9 Å². The number of nitro groups is 1. The van der Waals surface area contributed by atoms with Gasteiger partial charge in [-0.05, 0) is 18.9 Å². The predicted octanol–water partition coefficient (Wildman–Crippen LogP) is 1.74. The van der Waals surface area contributed by atoms with Crippen LogP contribution in [0.3, 0.4) is 0 Å². The summed E-state index contributed by atoms with van der Waals surface area (Å²) in [6.45, 7) is 4.89. The molecule has 0 heterocycles. The molecule has 0 radical (unpaired) electrons. The summed E-state index contributed by atoms with van der Waals surface area (Å²) in [5.41, 5.74) is 0.327. The number of carbonyl (C=O) groups excluding carboxylic acids is 1. The number of hydrogen-bond acceptors (Lipinski definition) is 4. The van der Waals surface area contributed by atoms with Gasteiger partial charge in [-0.2, -0.15) is 0 Å². The Morgan fingerprint density at radius 3 is 2.40 bits per heavy atom. The van der Waals surface area contributed by atoms with Crippen molar-refractivity contribution in [3.05, 3.63) is 39.4 Å². The highest BCUT2D eigenvalue weighted by Gasteiger charge is 2.24. The lowest BCUT2D eigenvalue weighted by Gasteiger charge is -2.17. The number of nitrogens with one attached hydrogen (secondary N) is 1. The van der Waals surface area contributed by atoms with Crippen molar-refractivity contribution in [2.75, 3.05) is 0 Å². The Labute approximate surface area is 115 Å². The smallest absolute Gasteiger partial charge is 0.326 e. The first-order valence-electron chi connectivity index (χ1n) is 6.02. The Kier molecular flexibility index (Phi) is 4.79. The molecule has 108 valence electrons. The number of nitrogens with zero attached hydrogens (tertiary/aromatic N) is 1. The molecule has 0 saturated heterocycles. The first-order chi connectivity index (χ1) is 9.23. The van der Waals surface area contributed by atoms with Gasteiger partial charge in [-0.1, -0.05) is 19.9 Å². The zero-order valence-corrected chi connectivity index (χ0v) is 11.4. The number of aryl methyl sites for hydroxylation is 1. The molecule has 0 aliphatic rings. The van der Waals surface area contributed by atoms with Crippen LogP contribution < -0.4 is 5.32 Å². The maximum atomic E-state index is 12.0. The van der Waals surface area contributed by atoms with Crippen molar-refractivity contribution in [1.82, 2.24) is 5.32 Å². The summed E-state index contributed by atoms with van der Waals surface area (Å²) in [6, 6.07) is 2.99. The van der Waals surface area contributed by atoms with Gasteiger partial charge in [0.1, 0.15) is 6.04 Å². The molecule has 0 aliphatic heterocycles. The van der Waals surface area contributed by atoms with Crippen LogP contribution in [-0.2, 0) is 4.79 Å². The van der Waals surface area contributed by atoms with E-state index in [4.69, 9.17) is 5.11 Å². The van der Waals surface area contributed by atoms with Crippen LogP contribution in [0.2, 0.25) is 0 Å². The van der Waals surface area contributed by atoms with E-state index in [1.807, 2.05) is 0 Å². The van der Waals surface area contributed by atoms with Crippen molar-refractivity contribution in [2.45, 2.75) is 26.8 Å². The topological polar surface area (TPSA) is 110 Å². The Bertz CT molecular complexity index is 554. The van der Waals surface area contributed by atoms with Crippen molar-refractivity contribution >= 4 is 17.6 Å². The van der Waals surface area contributed by atoms with Crippen LogP contribution in [0.1, 0.15) is 29.8 Å². The summed E-state index contributed by atoms with van der Waals surface area (Å²) in [6.07, 6.45) is 0. The summed E-state index contributed by atoms with van der Waals surface area (Å²) >= 11 is 0. The second-order valence-electron chi connectivity index (χ2n) is 4.79. The molecular formula is C13H16N2O5. The Balaban J connectivity index is 3.01. The molecule has 0 aliphatic carbocycles. The minimum atomic E-state index is -1.14. The molecule has 7 heteroatoms. The van der Waals surface area contributed by atoms with E-state index >= 15 is 0 Å². The SMILES string of the molecule is Cc1ccc(C(=O)N[C@H](C(=O)O)C(C)C)cc1[N+](=O)[O-]. The van der Waals surface area contributed by atoms with Crippen molar-refractivity contribution in [1.29, 1.82) is 0 Å². The Hall–Kier alpha value is -2.44. The normalized spacial score (nSPS) is 12.0. The van der Waals surface area contributed by atoms with Gasteiger partial charge >= 0.3 is 5.97 Å². The lowest BCUT2D eigenvalue weighted by molar-refractivity contribution is -0.385. The maximum Gasteiger partial charge on any atom is 0.326 e. The molecule has 7 nitrogen and oxygen atoms in total. The van der Waals surface area contributed by atoms with Gasteiger partial charge in [0, 0.05) is 17.2 Å². The van der Waals surface area contributed by atoms with Crippen LogP contribution in [-0.4, -0.2) is 27.9 Å². The Morgan fingerprint density at radius 2 is 1.95 bits per heavy atom. The molecule has 1 atom stereocenters. The van der Waals surface area contributed by atoms with E-state index in [9.17, 15) is 19.7 Å². The van der Waals surface area contributed by atoms with Gasteiger partial charge in [0.25, 0.3) is 11.6 Å². The lowest BCUT2D eigenvalue weighted by Crippen LogP contribution is -2.44. The van der Waals surface area contributed by atoms with Crippen LogP contribution in [0, 0.1) is 23.0 Å². The van der Waals surface area contributed by atoms with Crippen molar-refractivity contribution in [3.63, 3.8) is 0 Å². The van der Waals surface area contributed by atoms with Gasteiger partial charge in [0.05, 0.1) is 4.92 Å². The van der Waals surface area contributed by atoms with Crippen LogP contribution in [0.15, 0.2) is 18.2 Å². The Morgan fingerprint density at radius 1 is 1.35 bits per heavy atom. The quantitative estimate of drug-likeness (QED) is 0.630. The number of carboxylic acids is 1. The first kappa shape index (κ1) is 15.6. The fourth-order valence-corrected chi connectivity index (χ4v) is 1.69. The average molecular weight is 280 g/mol. The van der Waals surface area contributed by atoms with E-state index < -0.39 is 22.8 Å². The molecule has 2 N–H and O–H groups in total. The number of carboxylic acid groups (broad SMARTS) is 1. The standard InChI is InChI=1S/C13H16N2O5/c1-7(2)11(13(17)18)14-12(16)9-5-4-8(3)10(6-9)15(19)20/h4-7,11H,1-3H3,(H,14,16)(H,17,18)/t11-/m0/s1. The number of amides is 1. The molecular weight excluding hydrogens is 264 g/mol. The third-order valence-electron chi connectivity index (χ3n) is 2.89. The van der Waals surface area contributed by atoms with E-state index in [0.717, 1.165) is 6.07 Å². The van der Waals surface area contributed by atoms with Gasteiger partial charge in [0.2, 0.25) is 0 Å². The molecule has 1 amide bonds. The third-order valence-corrected chi connectivity index (χ3v) is 2.89. The highest BCUT2D eigenvalue weighted by Crippen LogP contribution is 2.19. The summed E-state index contributed by atoms with van der Waals surface area (Å²) in [5, 5.41) is 22.2. The molecule has 0 saturated carbocycles. The van der Waals surface area contributed by atoms with E-state index in [2.05, 4.69) is 5.32 Å². The number of rotatable bonds is 5. The minimum absolute atomic E-state index is 0.0641. The molecule has 1 aromatic carbocycles. The lowest BCUT2D eigenvalue weighted by atomic mass is 10.0. The summed E-state index contributed by atoms with van der Waals surface area (Å²) in [7, 11) is 0. The minimum Gasteiger partial charge on any atom is -0.480 e. The van der Waals surface area contributed by atoms with Gasteiger partial charge in [-0.15, -0.1) is 0 Å². The highest BCUT2D eigenvalue weighted by molar-refractivity contribution is 5.97. The molecule has 1 aromatic rings. The predicted molar refractivity (Wildman–Crippen MR) is 71.6 cm³/mol. The van der Waals surface area contributed by atoms with Crippen molar-refractivity contribution in [2.24, 2.45) is 5.92 Å². The van der Waals surface area contributed by atoms with Crippen LogP contribution in [0.5, 0.6) is 0 Å². The van der Waals surface area contributed by atoms with Gasteiger partial charge in [-0.25, -0.2) is 4.79 Å². The summed E-state index contributed by atoms with van der Waals surface area (Å²) in [4.78, 5) is 33.2. The largest absolute Gasteiger partial charge is 0.480 e. The fraction of sp³-hybridized carbons (Fsp3) is 0.385. The van der Waals surface area contributed by atoms with E-state index in [0.29, 0.717) is 5.56 Å². The van der Waals surface area contributed by atoms with Crippen molar-refractivity contribution in [3.8, 4) is 0 Å². The summed E-state index contributed by atoms with van der Waals surface area (Å²) < 4.78 is 0. The number of benzene rings is 1. The maximum absolute atomic E-state index is 12.0. The second kappa shape index (κ2) is 6.14. The van der Waals surface area contributed by atoms with Crippen LogP contribution >= 0.6 is 0 Å². The molecule has 20 heavy (non-hydrogen) atoms. The second-order valence-corrected chi connectivity index (χ2v) is 4.79. The van der Waals surface area contributed by atoms with E-state index in [-0.39, 0.29) is 17.2 Å². The molecule has 0 fully saturated rings. The van der Waals surface area contributed by atoms with Crippen molar-refractivity contribution < 1.29 is 19.6 Å². The van der Waals surface area contributed by atoms with Crippen LogP contribution in [0.4, 0.5) is 5.69 Å². The monoisotopic (exact) mass is 280 g/mol. The molecule has 0 aromatic heterocycles. The summed E-state index contributed by atoms with van der Waals surface area (Å²) in [5.74, 6) is -2.08. The zero-order chi connectivity index (χ0) is 15.4. The zero-order valence-electron chi connectivity index (χ0n) is 11.4.